The number of nitrogens with two attached hydrogens (primary N) is 1. The minimum atomic E-state index is 0.213. The smallest absolute Gasteiger partial charge is 0.0408 e. The normalized spacial score (nSPS) is 28.8. The van der Waals surface area contributed by atoms with Gasteiger partial charge < -0.3 is 5.73 Å². The first-order valence-corrected chi connectivity index (χ1v) is 6.54. The first kappa shape index (κ1) is 11.9. The SMILES string of the molecule is CCCC1CC(CN)(c2cccc(Cl)c2)C1. The standard InChI is InChI=1S/C14H20ClN/c1-2-4-11-8-14(9-11,10-16)12-5-3-6-13(15)7-12/h3,5-7,11H,2,4,8-10,16H2,1H3. The molecule has 16 heavy (non-hydrogen) atoms. The summed E-state index contributed by atoms with van der Waals surface area (Å²) in [5.74, 6) is 0.868. The van der Waals surface area contributed by atoms with E-state index in [2.05, 4.69) is 19.1 Å². The van der Waals surface area contributed by atoms with Crippen LogP contribution in [0.3, 0.4) is 0 Å². The predicted octanol–water partition coefficient (Wildman–Crippen LogP) is 3.75. The van der Waals surface area contributed by atoms with Crippen LogP contribution in [-0.4, -0.2) is 6.54 Å². The van der Waals surface area contributed by atoms with E-state index in [4.69, 9.17) is 17.3 Å². The van der Waals surface area contributed by atoms with Crippen LogP contribution in [0.2, 0.25) is 5.02 Å². The maximum absolute atomic E-state index is 6.05. The molecule has 0 unspecified atom stereocenters. The van der Waals surface area contributed by atoms with Gasteiger partial charge in [0.15, 0.2) is 0 Å². The molecule has 0 aromatic heterocycles. The molecular weight excluding hydrogens is 218 g/mol. The van der Waals surface area contributed by atoms with E-state index in [1.807, 2.05) is 12.1 Å². The number of hydrogen-bond acceptors (Lipinski definition) is 1. The van der Waals surface area contributed by atoms with Crippen molar-refractivity contribution in [2.75, 3.05) is 6.54 Å². The van der Waals surface area contributed by atoms with Crippen molar-refractivity contribution in [3.8, 4) is 0 Å². The molecule has 2 N–H and O–H groups in total. The van der Waals surface area contributed by atoms with Gasteiger partial charge in [0, 0.05) is 17.0 Å². The number of rotatable bonds is 4. The van der Waals surface area contributed by atoms with Crippen molar-refractivity contribution in [2.24, 2.45) is 11.7 Å². The van der Waals surface area contributed by atoms with E-state index in [0.717, 1.165) is 17.5 Å². The molecule has 1 saturated carbocycles. The third-order valence-electron chi connectivity index (χ3n) is 3.88. The van der Waals surface area contributed by atoms with Crippen molar-refractivity contribution in [1.82, 2.24) is 0 Å². The summed E-state index contributed by atoms with van der Waals surface area (Å²) < 4.78 is 0. The van der Waals surface area contributed by atoms with Crippen molar-refractivity contribution in [3.05, 3.63) is 34.9 Å². The fourth-order valence-corrected chi connectivity index (χ4v) is 3.19. The van der Waals surface area contributed by atoms with E-state index in [1.165, 1.54) is 31.2 Å². The molecule has 1 aromatic carbocycles. The quantitative estimate of drug-likeness (QED) is 0.848. The van der Waals surface area contributed by atoms with Crippen LogP contribution in [0.5, 0.6) is 0 Å². The summed E-state index contributed by atoms with van der Waals surface area (Å²) in [6.45, 7) is 3.00. The lowest BCUT2D eigenvalue weighted by atomic mass is 9.57. The van der Waals surface area contributed by atoms with Crippen LogP contribution in [0.15, 0.2) is 24.3 Å². The fraction of sp³-hybridized carbons (Fsp3) is 0.571. The fourth-order valence-electron chi connectivity index (χ4n) is 3.00. The molecule has 0 atom stereocenters. The summed E-state index contributed by atoms with van der Waals surface area (Å²) in [5.41, 5.74) is 7.51. The molecule has 2 heteroatoms. The molecule has 1 nitrogen and oxygen atoms in total. The topological polar surface area (TPSA) is 26.0 Å². The van der Waals surface area contributed by atoms with Crippen LogP contribution in [0, 0.1) is 5.92 Å². The summed E-state index contributed by atoms with van der Waals surface area (Å²) >= 11 is 6.05. The third kappa shape index (κ3) is 2.11. The molecule has 1 aliphatic carbocycles. The second kappa shape index (κ2) is 4.77. The van der Waals surface area contributed by atoms with Gasteiger partial charge >= 0.3 is 0 Å². The first-order valence-electron chi connectivity index (χ1n) is 6.16. The van der Waals surface area contributed by atoms with E-state index in [-0.39, 0.29) is 5.41 Å². The van der Waals surface area contributed by atoms with Crippen LogP contribution in [0.4, 0.5) is 0 Å². The van der Waals surface area contributed by atoms with E-state index >= 15 is 0 Å². The monoisotopic (exact) mass is 237 g/mol. The van der Waals surface area contributed by atoms with Gasteiger partial charge in [0.1, 0.15) is 0 Å². The Morgan fingerprint density at radius 2 is 2.19 bits per heavy atom. The zero-order valence-corrected chi connectivity index (χ0v) is 10.6. The van der Waals surface area contributed by atoms with Crippen molar-refractivity contribution in [1.29, 1.82) is 0 Å². The lowest BCUT2D eigenvalue weighted by Gasteiger charge is -2.48. The molecule has 1 aromatic rings. The largest absolute Gasteiger partial charge is 0.330 e. The van der Waals surface area contributed by atoms with Crippen molar-refractivity contribution >= 4 is 11.6 Å². The van der Waals surface area contributed by atoms with Crippen LogP contribution in [-0.2, 0) is 5.41 Å². The van der Waals surface area contributed by atoms with Gasteiger partial charge in [-0.15, -0.1) is 0 Å². The predicted molar refractivity (Wildman–Crippen MR) is 69.8 cm³/mol. The second-order valence-electron chi connectivity index (χ2n) is 5.06. The maximum Gasteiger partial charge on any atom is 0.0408 e. The molecule has 0 heterocycles. The van der Waals surface area contributed by atoms with Gasteiger partial charge in [-0.25, -0.2) is 0 Å². The van der Waals surface area contributed by atoms with Gasteiger partial charge in [-0.2, -0.15) is 0 Å². The van der Waals surface area contributed by atoms with E-state index in [9.17, 15) is 0 Å². The average Bonchev–Trinajstić information content (AvgIpc) is 2.23. The minimum absolute atomic E-state index is 0.213. The highest BCUT2D eigenvalue weighted by molar-refractivity contribution is 6.30. The number of hydrogen-bond donors (Lipinski definition) is 1. The Hall–Kier alpha value is -0.530. The summed E-state index contributed by atoms with van der Waals surface area (Å²) in [6.07, 6.45) is 5.08. The summed E-state index contributed by atoms with van der Waals surface area (Å²) in [5, 5.41) is 0.823. The summed E-state index contributed by atoms with van der Waals surface area (Å²) in [4.78, 5) is 0. The highest BCUT2D eigenvalue weighted by atomic mass is 35.5. The van der Waals surface area contributed by atoms with Crippen molar-refractivity contribution in [2.45, 2.75) is 38.0 Å². The lowest BCUT2D eigenvalue weighted by molar-refractivity contribution is 0.139. The van der Waals surface area contributed by atoms with Gasteiger partial charge in [0.05, 0.1) is 0 Å². The number of halogens is 1. The Labute approximate surface area is 103 Å². The molecule has 0 aliphatic heterocycles. The van der Waals surface area contributed by atoms with Gasteiger partial charge in [0.25, 0.3) is 0 Å². The van der Waals surface area contributed by atoms with Crippen molar-refractivity contribution in [3.63, 3.8) is 0 Å². The van der Waals surface area contributed by atoms with Gasteiger partial charge in [-0.05, 0) is 36.5 Å². The summed E-state index contributed by atoms with van der Waals surface area (Å²) in [6, 6.07) is 8.21. The number of benzene rings is 1. The molecule has 0 saturated heterocycles. The first-order chi connectivity index (χ1) is 7.70. The Bertz CT molecular complexity index is 356. The third-order valence-corrected chi connectivity index (χ3v) is 4.12. The molecule has 0 radical (unpaired) electrons. The van der Waals surface area contributed by atoms with Crippen LogP contribution >= 0.6 is 11.6 Å². The minimum Gasteiger partial charge on any atom is -0.330 e. The molecule has 2 rings (SSSR count). The summed E-state index contributed by atoms with van der Waals surface area (Å²) in [7, 11) is 0. The zero-order chi connectivity index (χ0) is 11.6. The van der Waals surface area contributed by atoms with Gasteiger partial charge in [0.2, 0.25) is 0 Å². The highest BCUT2D eigenvalue weighted by Gasteiger charge is 2.43. The molecule has 0 spiro atoms. The Morgan fingerprint density at radius 1 is 1.44 bits per heavy atom. The Balaban J connectivity index is 2.13. The van der Waals surface area contributed by atoms with E-state index in [0.29, 0.717) is 0 Å². The van der Waals surface area contributed by atoms with Crippen molar-refractivity contribution < 1.29 is 0 Å². The molecule has 1 fully saturated rings. The molecule has 88 valence electrons. The van der Waals surface area contributed by atoms with Gasteiger partial charge in [-0.3, -0.25) is 0 Å². The molecular formula is C14H20ClN. The Morgan fingerprint density at radius 3 is 2.75 bits per heavy atom. The highest BCUT2D eigenvalue weighted by Crippen LogP contribution is 2.49. The Kier molecular flexibility index (Phi) is 3.56. The van der Waals surface area contributed by atoms with Crippen LogP contribution < -0.4 is 5.73 Å². The molecule has 0 amide bonds. The van der Waals surface area contributed by atoms with Crippen LogP contribution in [0.25, 0.3) is 0 Å². The van der Waals surface area contributed by atoms with Gasteiger partial charge in [-0.1, -0.05) is 43.5 Å². The van der Waals surface area contributed by atoms with E-state index < -0.39 is 0 Å². The zero-order valence-electron chi connectivity index (χ0n) is 9.88. The van der Waals surface area contributed by atoms with Crippen LogP contribution in [0.1, 0.15) is 38.2 Å². The maximum atomic E-state index is 6.05. The average molecular weight is 238 g/mol. The lowest BCUT2D eigenvalue weighted by Crippen LogP contribution is -2.47. The van der Waals surface area contributed by atoms with E-state index in [1.54, 1.807) is 0 Å². The molecule has 0 bridgehead atoms. The molecule has 1 aliphatic rings. The second-order valence-corrected chi connectivity index (χ2v) is 5.49.